The SMILES string of the molecule is CC=COC(C)OC(C)OC1C(C)=CCC(C)C1C. The van der Waals surface area contributed by atoms with Crippen LogP contribution in [0.1, 0.15) is 48.0 Å². The lowest BCUT2D eigenvalue weighted by Crippen LogP contribution is -2.35. The summed E-state index contributed by atoms with van der Waals surface area (Å²) in [6, 6.07) is 0. The van der Waals surface area contributed by atoms with Crippen LogP contribution in [0.3, 0.4) is 0 Å². The Labute approximate surface area is 117 Å². The summed E-state index contributed by atoms with van der Waals surface area (Å²) in [6.45, 7) is 12.4. The van der Waals surface area contributed by atoms with E-state index in [1.807, 2.05) is 26.8 Å². The van der Waals surface area contributed by atoms with Crippen LogP contribution >= 0.6 is 0 Å². The molecule has 0 radical (unpaired) electrons. The Hall–Kier alpha value is -0.800. The van der Waals surface area contributed by atoms with E-state index < -0.39 is 0 Å². The molecule has 0 aromatic carbocycles. The summed E-state index contributed by atoms with van der Waals surface area (Å²) in [4.78, 5) is 0. The Morgan fingerprint density at radius 1 is 1.26 bits per heavy atom. The third kappa shape index (κ3) is 5.00. The van der Waals surface area contributed by atoms with Gasteiger partial charge in [-0.1, -0.05) is 26.0 Å². The number of rotatable bonds is 6. The van der Waals surface area contributed by atoms with Gasteiger partial charge in [0.05, 0.1) is 12.4 Å². The molecular weight excluding hydrogens is 240 g/mol. The third-order valence-corrected chi connectivity index (χ3v) is 3.76. The van der Waals surface area contributed by atoms with Crippen LogP contribution in [0.5, 0.6) is 0 Å². The summed E-state index contributed by atoms with van der Waals surface area (Å²) in [6.07, 6.45) is 6.46. The fraction of sp³-hybridized carbons (Fsp3) is 0.750. The highest BCUT2D eigenvalue weighted by atomic mass is 16.8. The fourth-order valence-electron chi connectivity index (χ4n) is 2.38. The summed E-state index contributed by atoms with van der Waals surface area (Å²) >= 11 is 0. The molecule has 0 aromatic rings. The molecule has 1 aliphatic rings. The second kappa shape index (κ2) is 7.71. The Morgan fingerprint density at radius 2 is 1.95 bits per heavy atom. The first kappa shape index (κ1) is 16.3. The van der Waals surface area contributed by atoms with Gasteiger partial charge in [-0.3, -0.25) is 0 Å². The average Bonchev–Trinajstić information content (AvgIpc) is 2.36. The first-order valence-electron chi connectivity index (χ1n) is 7.19. The van der Waals surface area contributed by atoms with Crippen molar-refractivity contribution in [1.82, 2.24) is 0 Å². The summed E-state index contributed by atoms with van der Waals surface area (Å²) in [5.74, 6) is 1.17. The Balaban J connectivity index is 2.48. The maximum Gasteiger partial charge on any atom is 0.198 e. The van der Waals surface area contributed by atoms with Crippen molar-refractivity contribution in [2.24, 2.45) is 11.8 Å². The van der Waals surface area contributed by atoms with E-state index in [9.17, 15) is 0 Å². The lowest BCUT2D eigenvalue weighted by molar-refractivity contribution is -0.233. The van der Waals surface area contributed by atoms with Gasteiger partial charge in [0.2, 0.25) is 0 Å². The van der Waals surface area contributed by atoms with Crippen LogP contribution in [0.4, 0.5) is 0 Å². The maximum absolute atomic E-state index is 6.04. The van der Waals surface area contributed by atoms with Gasteiger partial charge in [-0.05, 0) is 51.5 Å². The summed E-state index contributed by atoms with van der Waals surface area (Å²) < 4.78 is 17.0. The van der Waals surface area contributed by atoms with Crippen molar-refractivity contribution in [2.75, 3.05) is 0 Å². The van der Waals surface area contributed by atoms with Crippen molar-refractivity contribution >= 4 is 0 Å². The molecule has 110 valence electrons. The molecular formula is C16H28O3. The van der Waals surface area contributed by atoms with Crippen LogP contribution < -0.4 is 0 Å². The zero-order valence-electron chi connectivity index (χ0n) is 13.1. The minimum atomic E-state index is -0.299. The van der Waals surface area contributed by atoms with Crippen molar-refractivity contribution in [1.29, 1.82) is 0 Å². The van der Waals surface area contributed by atoms with Gasteiger partial charge in [-0.15, -0.1) is 0 Å². The van der Waals surface area contributed by atoms with Crippen LogP contribution in [-0.4, -0.2) is 18.7 Å². The van der Waals surface area contributed by atoms with E-state index in [2.05, 4.69) is 26.8 Å². The molecule has 1 rings (SSSR count). The first-order chi connectivity index (χ1) is 8.95. The molecule has 0 aliphatic heterocycles. The maximum atomic E-state index is 6.04. The summed E-state index contributed by atoms with van der Waals surface area (Å²) in [7, 11) is 0. The van der Waals surface area contributed by atoms with Gasteiger partial charge in [-0.2, -0.15) is 0 Å². The molecule has 3 heteroatoms. The number of hydrogen-bond donors (Lipinski definition) is 0. The van der Waals surface area contributed by atoms with Crippen molar-refractivity contribution in [2.45, 2.75) is 66.6 Å². The van der Waals surface area contributed by atoms with Crippen molar-refractivity contribution in [3.8, 4) is 0 Å². The highest BCUT2D eigenvalue weighted by molar-refractivity contribution is 5.11. The lowest BCUT2D eigenvalue weighted by Gasteiger charge is -2.35. The van der Waals surface area contributed by atoms with Crippen LogP contribution in [0.2, 0.25) is 0 Å². The van der Waals surface area contributed by atoms with Crippen LogP contribution in [0.25, 0.3) is 0 Å². The van der Waals surface area contributed by atoms with E-state index in [1.54, 1.807) is 6.26 Å². The molecule has 0 amide bonds. The quantitative estimate of drug-likeness (QED) is 0.409. The Morgan fingerprint density at radius 3 is 2.58 bits per heavy atom. The molecule has 0 spiro atoms. The third-order valence-electron chi connectivity index (χ3n) is 3.76. The zero-order valence-corrected chi connectivity index (χ0v) is 13.1. The van der Waals surface area contributed by atoms with E-state index in [-0.39, 0.29) is 18.7 Å². The van der Waals surface area contributed by atoms with E-state index in [4.69, 9.17) is 14.2 Å². The van der Waals surface area contributed by atoms with Gasteiger partial charge < -0.3 is 14.2 Å². The van der Waals surface area contributed by atoms with Crippen LogP contribution in [0.15, 0.2) is 24.0 Å². The molecule has 0 saturated heterocycles. The number of ether oxygens (including phenoxy) is 3. The minimum Gasteiger partial charge on any atom is -0.473 e. The molecule has 19 heavy (non-hydrogen) atoms. The normalized spacial score (nSPS) is 31.1. The largest absolute Gasteiger partial charge is 0.473 e. The molecule has 0 bridgehead atoms. The number of hydrogen-bond acceptors (Lipinski definition) is 3. The van der Waals surface area contributed by atoms with E-state index in [0.29, 0.717) is 11.8 Å². The van der Waals surface area contributed by atoms with Gasteiger partial charge in [0.1, 0.15) is 0 Å². The molecule has 1 aliphatic carbocycles. The smallest absolute Gasteiger partial charge is 0.198 e. The van der Waals surface area contributed by atoms with E-state index >= 15 is 0 Å². The molecule has 0 fully saturated rings. The fourth-order valence-corrected chi connectivity index (χ4v) is 2.38. The van der Waals surface area contributed by atoms with Crippen molar-refractivity contribution in [3.63, 3.8) is 0 Å². The average molecular weight is 268 g/mol. The minimum absolute atomic E-state index is 0.146. The highest BCUT2D eigenvalue weighted by Gasteiger charge is 2.29. The molecule has 0 saturated carbocycles. The zero-order chi connectivity index (χ0) is 14.4. The van der Waals surface area contributed by atoms with E-state index in [1.165, 1.54) is 5.57 Å². The first-order valence-corrected chi connectivity index (χ1v) is 7.19. The lowest BCUT2D eigenvalue weighted by atomic mass is 9.80. The van der Waals surface area contributed by atoms with Gasteiger partial charge >= 0.3 is 0 Å². The monoisotopic (exact) mass is 268 g/mol. The number of allylic oxidation sites excluding steroid dienone is 2. The predicted octanol–water partition coefficient (Wildman–Crippen LogP) is 4.25. The van der Waals surface area contributed by atoms with E-state index in [0.717, 1.165) is 6.42 Å². The molecule has 0 heterocycles. The Kier molecular flexibility index (Phi) is 6.59. The Bertz CT molecular complexity index is 322. The van der Waals surface area contributed by atoms with Gasteiger partial charge in [0.15, 0.2) is 12.6 Å². The molecule has 0 N–H and O–H groups in total. The molecule has 5 atom stereocenters. The van der Waals surface area contributed by atoms with Crippen molar-refractivity contribution in [3.05, 3.63) is 24.0 Å². The van der Waals surface area contributed by atoms with Gasteiger partial charge in [0, 0.05) is 0 Å². The summed E-state index contributed by atoms with van der Waals surface area (Å²) in [5, 5.41) is 0. The van der Waals surface area contributed by atoms with Crippen LogP contribution in [-0.2, 0) is 14.2 Å². The molecule has 5 unspecified atom stereocenters. The second-order valence-corrected chi connectivity index (χ2v) is 5.45. The second-order valence-electron chi connectivity index (χ2n) is 5.45. The topological polar surface area (TPSA) is 27.7 Å². The molecule has 0 aromatic heterocycles. The standard InChI is InChI=1S/C16H28O3/c1-7-10-17-14(5)18-15(6)19-16-12(3)9-8-11(2)13(16)4/h7,9-11,13-16H,8H2,1-6H3. The molecule has 3 nitrogen and oxygen atoms in total. The van der Waals surface area contributed by atoms with Crippen molar-refractivity contribution < 1.29 is 14.2 Å². The van der Waals surface area contributed by atoms with Gasteiger partial charge in [0.25, 0.3) is 0 Å². The van der Waals surface area contributed by atoms with Crippen LogP contribution in [0, 0.1) is 11.8 Å². The highest BCUT2D eigenvalue weighted by Crippen LogP contribution is 2.32. The summed E-state index contributed by atoms with van der Waals surface area (Å²) in [5.41, 5.74) is 1.31. The van der Waals surface area contributed by atoms with Gasteiger partial charge in [-0.25, -0.2) is 0 Å². The predicted molar refractivity (Wildman–Crippen MR) is 77.5 cm³/mol.